The molecule has 4 heterocycles. The maximum Gasteiger partial charge on any atom is 0.416 e. The second kappa shape index (κ2) is 12.4. The summed E-state index contributed by atoms with van der Waals surface area (Å²) in [6, 6.07) is 11.9. The van der Waals surface area contributed by atoms with Crippen molar-refractivity contribution >= 4 is 44.1 Å². The van der Waals surface area contributed by atoms with E-state index in [4.69, 9.17) is 16.3 Å². The van der Waals surface area contributed by atoms with Gasteiger partial charge in [-0.1, -0.05) is 11.6 Å². The summed E-state index contributed by atoms with van der Waals surface area (Å²) in [6.45, 7) is 4.06. The van der Waals surface area contributed by atoms with Gasteiger partial charge in [-0.15, -0.1) is 11.3 Å². The van der Waals surface area contributed by atoms with Gasteiger partial charge in [-0.2, -0.15) is 18.4 Å². The molecule has 0 atom stereocenters. The number of piperazine rings is 1. The predicted molar refractivity (Wildman–Crippen MR) is 169 cm³/mol. The Morgan fingerprint density at radius 1 is 1.09 bits per heavy atom. The number of nitriles is 1. The minimum absolute atomic E-state index is 0.0535. The first-order valence-electron chi connectivity index (χ1n) is 14.3. The zero-order valence-electron chi connectivity index (χ0n) is 24.5. The van der Waals surface area contributed by atoms with Crippen molar-refractivity contribution in [3.63, 3.8) is 0 Å². The van der Waals surface area contributed by atoms with Gasteiger partial charge in [0, 0.05) is 55.1 Å². The summed E-state index contributed by atoms with van der Waals surface area (Å²) in [7, 11) is 1.95. The van der Waals surface area contributed by atoms with Crippen LogP contribution in [0.4, 0.5) is 13.2 Å². The van der Waals surface area contributed by atoms with Gasteiger partial charge in [0.15, 0.2) is 0 Å². The number of halogens is 4. The third kappa shape index (κ3) is 6.13. The van der Waals surface area contributed by atoms with Gasteiger partial charge in [0.25, 0.3) is 5.56 Å². The molecule has 0 unspecified atom stereocenters. The molecule has 2 aromatic carbocycles. The van der Waals surface area contributed by atoms with Crippen LogP contribution in [0.1, 0.15) is 22.5 Å². The molecule has 0 aliphatic carbocycles. The maximum atomic E-state index is 14.3. The highest BCUT2D eigenvalue weighted by Gasteiger charge is 2.37. The van der Waals surface area contributed by atoms with Gasteiger partial charge in [0.05, 0.1) is 38.8 Å². The summed E-state index contributed by atoms with van der Waals surface area (Å²) in [5.74, 6) is 0.757. The number of rotatable bonds is 7. The van der Waals surface area contributed by atoms with E-state index < -0.39 is 17.3 Å². The molecule has 0 amide bonds. The molecule has 6 rings (SSSR count). The number of likely N-dealkylation sites (N-methyl/N-ethyl adjacent to an activating group) is 1. The van der Waals surface area contributed by atoms with E-state index in [1.807, 2.05) is 35.5 Å². The summed E-state index contributed by atoms with van der Waals surface area (Å²) in [5.41, 5.74) is 0.346. The number of pyridine rings is 1. The molecule has 13 heteroatoms. The molecule has 8 nitrogen and oxygen atoms in total. The number of thiophene rings is 1. The fourth-order valence-corrected chi connectivity index (χ4v) is 6.79. The van der Waals surface area contributed by atoms with Gasteiger partial charge in [-0.05, 0) is 61.3 Å². The average Bonchev–Trinajstić information content (AvgIpc) is 3.49. The zero-order chi connectivity index (χ0) is 31.9. The predicted octanol–water partition coefficient (Wildman–Crippen LogP) is 6.35. The van der Waals surface area contributed by atoms with Crippen LogP contribution in [0.3, 0.4) is 0 Å². The number of ether oxygens (including phenoxy) is 1. The van der Waals surface area contributed by atoms with Crippen LogP contribution in [0, 0.1) is 18.3 Å². The minimum atomic E-state index is -4.72. The molecule has 45 heavy (non-hydrogen) atoms. The summed E-state index contributed by atoms with van der Waals surface area (Å²) < 4.78 is 51.4. The number of aromatic nitrogens is 3. The molecule has 0 N–H and O–H groups in total. The van der Waals surface area contributed by atoms with Crippen molar-refractivity contribution in [2.45, 2.75) is 26.2 Å². The van der Waals surface area contributed by atoms with Crippen molar-refractivity contribution in [2.75, 3.05) is 39.8 Å². The number of fused-ring (bicyclic) bond motifs is 2. The van der Waals surface area contributed by atoms with E-state index in [-0.39, 0.29) is 47.6 Å². The molecule has 0 spiro atoms. The molecule has 1 fully saturated rings. The fourth-order valence-electron chi connectivity index (χ4n) is 5.74. The molecule has 1 saturated heterocycles. The second-order valence-electron chi connectivity index (χ2n) is 11.0. The van der Waals surface area contributed by atoms with Crippen LogP contribution >= 0.6 is 22.9 Å². The van der Waals surface area contributed by atoms with Gasteiger partial charge in [0.1, 0.15) is 24.3 Å². The maximum absolute atomic E-state index is 14.3. The quantitative estimate of drug-likeness (QED) is 0.202. The van der Waals surface area contributed by atoms with Crippen molar-refractivity contribution < 1.29 is 17.9 Å². The molecule has 1 aliphatic heterocycles. The lowest BCUT2D eigenvalue weighted by atomic mass is 9.96. The van der Waals surface area contributed by atoms with Crippen LogP contribution < -0.4 is 10.3 Å². The average molecular weight is 653 g/mol. The Bertz CT molecular complexity index is 2010. The number of hydrogen-bond acceptors (Lipinski definition) is 8. The largest absolute Gasteiger partial charge is 0.491 e. The molecule has 0 bridgehead atoms. The molecular formula is C32H28ClF3N6O2S. The van der Waals surface area contributed by atoms with Crippen molar-refractivity contribution in [1.29, 1.82) is 5.26 Å². The number of benzene rings is 2. The van der Waals surface area contributed by atoms with E-state index in [0.29, 0.717) is 37.0 Å². The van der Waals surface area contributed by atoms with Gasteiger partial charge in [-0.3, -0.25) is 19.2 Å². The molecule has 5 aromatic rings. The first-order valence-corrected chi connectivity index (χ1v) is 15.5. The highest BCUT2D eigenvalue weighted by molar-refractivity contribution is 7.17. The van der Waals surface area contributed by atoms with E-state index in [0.717, 1.165) is 27.4 Å². The van der Waals surface area contributed by atoms with E-state index >= 15 is 0 Å². The standard InChI is InChI=1S/C32H28ClF3N6O2S/c1-19-39-27-16-25(32(34,35)36)24(18-41-10-8-40(2)9-11-41)23(17-37)29(27)31(43)42(19)12-13-44-28-4-3-20(33)15-22(28)21-5-7-38-26-6-14-45-30(21)26/h3-7,14-16H,8-13,18H2,1-2H3. The highest BCUT2D eigenvalue weighted by Crippen LogP contribution is 2.39. The summed E-state index contributed by atoms with van der Waals surface area (Å²) >= 11 is 7.89. The van der Waals surface area contributed by atoms with E-state index in [1.54, 1.807) is 42.7 Å². The van der Waals surface area contributed by atoms with Gasteiger partial charge in [0.2, 0.25) is 0 Å². The summed E-state index contributed by atoms with van der Waals surface area (Å²) in [6.07, 6.45) is -3.01. The normalized spacial score (nSPS) is 14.7. The smallest absolute Gasteiger partial charge is 0.416 e. The topological polar surface area (TPSA) is 87.3 Å². The molecule has 232 valence electrons. The van der Waals surface area contributed by atoms with Gasteiger partial charge in [-0.25, -0.2) is 4.98 Å². The van der Waals surface area contributed by atoms with Gasteiger partial charge >= 0.3 is 6.18 Å². The number of nitrogens with zero attached hydrogens (tertiary/aromatic N) is 6. The lowest BCUT2D eigenvalue weighted by molar-refractivity contribution is -0.138. The number of aryl methyl sites for hydroxylation is 1. The zero-order valence-corrected chi connectivity index (χ0v) is 26.1. The van der Waals surface area contributed by atoms with Crippen molar-refractivity contribution in [1.82, 2.24) is 24.3 Å². The third-order valence-electron chi connectivity index (χ3n) is 8.09. The van der Waals surface area contributed by atoms with Crippen LogP contribution in [0.5, 0.6) is 5.75 Å². The third-order valence-corrected chi connectivity index (χ3v) is 9.26. The lowest BCUT2D eigenvalue weighted by Gasteiger charge is -2.33. The van der Waals surface area contributed by atoms with Crippen LogP contribution in [0.2, 0.25) is 5.02 Å². The highest BCUT2D eigenvalue weighted by atomic mass is 35.5. The molecule has 0 radical (unpaired) electrons. The van der Waals surface area contributed by atoms with Crippen LogP contribution in [0.15, 0.2) is 52.8 Å². The molecule has 0 saturated carbocycles. The Morgan fingerprint density at radius 2 is 1.87 bits per heavy atom. The number of alkyl halides is 3. The monoisotopic (exact) mass is 652 g/mol. The Hall–Kier alpha value is -4.02. The minimum Gasteiger partial charge on any atom is -0.491 e. The summed E-state index contributed by atoms with van der Waals surface area (Å²) in [4.78, 5) is 26.6. The second-order valence-corrected chi connectivity index (χ2v) is 12.3. The first-order chi connectivity index (χ1) is 21.5. The number of hydrogen-bond donors (Lipinski definition) is 0. The van der Waals surface area contributed by atoms with Crippen LogP contribution in [-0.2, 0) is 19.3 Å². The fraction of sp³-hybridized carbons (Fsp3) is 0.312. The summed E-state index contributed by atoms with van der Waals surface area (Å²) in [5, 5.41) is 12.5. The first kappa shape index (κ1) is 31.0. The van der Waals surface area contributed by atoms with E-state index in [1.165, 1.54) is 4.57 Å². The van der Waals surface area contributed by atoms with Crippen molar-refractivity contribution in [3.8, 4) is 22.9 Å². The van der Waals surface area contributed by atoms with Crippen molar-refractivity contribution in [2.24, 2.45) is 0 Å². The lowest BCUT2D eigenvalue weighted by Crippen LogP contribution is -2.44. The Kier molecular flexibility index (Phi) is 8.54. The molecular weight excluding hydrogens is 625 g/mol. The van der Waals surface area contributed by atoms with Crippen LogP contribution in [-0.4, -0.2) is 64.2 Å². The Labute approximate surface area is 265 Å². The van der Waals surface area contributed by atoms with Crippen molar-refractivity contribution in [3.05, 3.63) is 85.9 Å². The SMILES string of the molecule is Cc1nc2cc(C(F)(F)F)c(CN3CCN(C)CC3)c(C#N)c2c(=O)n1CCOc1ccc(Cl)cc1-c1ccnc2ccsc12. The Morgan fingerprint density at radius 3 is 2.60 bits per heavy atom. The van der Waals surface area contributed by atoms with Gasteiger partial charge < -0.3 is 9.64 Å². The molecule has 1 aliphatic rings. The Balaban J connectivity index is 1.35. The molecule has 3 aromatic heterocycles. The van der Waals surface area contributed by atoms with E-state index in [2.05, 4.69) is 14.9 Å². The van der Waals surface area contributed by atoms with Crippen LogP contribution in [0.25, 0.3) is 32.2 Å². The van der Waals surface area contributed by atoms with E-state index in [9.17, 15) is 23.2 Å².